The second kappa shape index (κ2) is 3.39. The number of aliphatic hydroxyl groups is 1. The van der Waals surface area contributed by atoms with Crippen LogP contribution in [0.3, 0.4) is 0 Å². The highest BCUT2D eigenvalue weighted by Gasteiger charge is 2.53. The van der Waals surface area contributed by atoms with E-state index in [9.17, 15) is 9.90 Å². The summed E-state index contributed by atoms with van der Waals surface area (Å²) >= 11 is 0. The average Bonchev–Trinajstić information content (AvgIpc) is 2.30. The Bertz CT molecular complexity index is 270. The number of carbonyl (C=O) groups excluding carboxylic acids is 1. The molecule has 3 heteroatoms. The Morgan fingerprint density at radius 1 is 1.71 bits per heavy atom. The number of cyclic esters (lactones) is 1. The molecule has 0 amide bonds. The van der Waals surface area contributed by atoms with Crippen molar-refractivity contribution in [3.8, 4) is 0 Å². The molecule has 1 fully saturated rings. The summed E-state index contributed by atoms with van der Waals surface area (Å²) in [5, 5.41) is 9.45. The van der Waals surface area contributed by atoms with E-state index in [-0.39, 0.29) is 11.9 Å². The van der Waals surface area contributed by atoms with Crippen molar-refractivity contribution < 1.29 is 14.6 Å². The van der Waals surface area contributed by atoms with Crippen molar-refractivity contribution in [1.82, 2.24) is 0 Å². The third-order valence-corrected chi connectivity index (χ3v) is 3.43. The Hall–Kier alpha value is -0.830. The molecule has 1 N–H and O–H groups in total. The molecule has 14 heavy (non-hydrogen) atoms. The Kier molecular flexibility index (Phi) is 2.72. The summed E-state index contributed by atoms with van der Waals surface area (Å²) in [6.45, 7) is 11.0. The van der Waals surface area contributed by atoms with Crippen LogP contribution in [-0.4, -0.2) is 23.3 Å². The Balaban J connectivity index is 3.02. The van der Waals surface area contributed by atoms with Gasteiger partial charge in [-0.2, -0.15) is 0 Å². The summed E-state index contributed by atoms with van der Waals surface area (Å²) < 4.78 is 5.16. The quantitative estimate of drug-likeness (QED) is 0.540. The molecule has 4 unspecified atom stereocenters. The van der Waals surface area contributed by atoms with Crippen LogP contribution in [0.5, 0.6) is 0 Å². The second-order valence-corrected chi connectivity index (χ2v) is 4.38. The van der Waals surface area contributed by atoms with Crippen molar-refractivity contribution in [1.29, 1.82) is 0 Å². The van der Waals surface area contributed by atoms with Crippen LogP contribution in [0.15, 0.2) is 12.2 Å². The first kappa shape index (κ1) is 11.2. The number of esters is 1. The van der Waals surface area contributed by atoms with Gasteiger partial charge >= 0.3 is 5.97 Å². The molecule has 0 radical (unpaired) electrons. The molecule has 1 aliphatic heterocycles. The Morgan fingerprint density at radius 2 is 2.21 bits per heavy atom. The standard InChI is InChI=1S/C11H18O3/c1-6(2)11(5)7(3)9(8(4)12)14-10(11)13/h7-9,12H,1H2,2-5H3. The molecule has 1 aliphatic rings. The summed E-state index contributed by atoms with van der Waals surface area (Å²) in [6.07, 6.45) is -1.04. The normalized spacial score (nSPS) is 39.4. The number of ether oxygens (including phenoxy) is 1. The van der Waals surface area contributed by atoms with Crippen molar-refractivity contribution in [2.45, 2.75) is 39.9 Å². The first-order valence-corrected chi connectivity index (χ1v) is 4.87. The number of aliphatic hydroxyl groups excluding tert-OH is 1. The first-order valence-electron chi connectivity index (χ1n) is 4.87. The van der Waals surface area contributed by atoms with Crippen LogP contribution >= 0.6 is 0 Å². The maximum atomic E-state index is 11.7. The molecule has 0 aromatic rings. The van der Waals surface area contributed by atoms with Gasteiger partial charge in [-0.15, -0.1) is 0 Å². The van der Waals surface area contributed by atoms with Gasteiger partial charge in [0.2, 0.25) is 0 Å². The Morgan fingerprint density at radius 3 is 2.43 bits per heavy atom. The van der Waals surface area contributed by atoms with Crippen LogP contribution in [0.4, 0.5) is 0 Å². The van der Waals surface area contributed by atoms with Crippen molar-refractivity contribution in [3.05, 3.63) is 12.2 Å². The molecule has 0 bridgehead atoms. The van der Waals surface area contributed by atoms with Gasteiger partial charge in [0.25, 0.3) is 0 Å². The third kappa shape index (κ3) is 1.36. The van der Waals surface area contributed by atoms with E-state index in [1.54, 1.807) is 6.92 Å². The first-order chi connectivity index (χ1) is 6.31. The lowest BCUT2D eigenvalue weighted by Gasteiger charge is -2.26. The van der Waals surface area contributed by atoms with Crippen LogP contribution in [0.25, 0.3) is 0 Å². The average molecular weight is 198 g/mol. The minimum Gasteiger partial charge on any atom is -0.459 e. The SMILES string of the molecule is C=C(C)C1(C)C(=O)OC(C(C)O)C1C. The van der Waals surface area contributed by atoms with E-state index in [2.05, 4.69) is 6.58 Å². The van der Waals surface area contributed by atoms with Gasteiger partial charge in [0, 0.05) is 5.92 Å². The molecule has 0 saturated carbocycles. The zero-order valence-corrected chi connectivity index (χ0v) is 9.20. The summed E-state index contributed by atoms with van der Waals surface area (Å²) in [5.74, 6) is -0.309. The second-order valence-electron chi connectivity index (χ2n) is 4.38. The zero-order chi connectivity index (χ0) is 11.1. The molecule has 0 spiro atoms. The fourth-order valence-corrected chi connectivity index (χ4v) is 1.94. The molecular formula is C11H18O3. The molecule has 80 valence electrons. The van der Waals surface area contributed by atoms with Crippen molar-refractivity contribution in [3.63, 3.8) is 0 Å². The molecule has 0 aromatic carbocycles. The van der Waals surface area contributed by atoms with Gasteiger partial charge in [-0.1, -0.05) is 19.1 Å². The van der Waals surface area contributed by atoms with Gasteiger partial charge in [-0.3, -0.25) is 4.79 Å². The van der Waals surface area contributed by atoms with Gasteiger partial charge in [-0.25, -0.2) is 0 Å². The maximum Gasteiger partial charge on any atom is 0.316 e. The Labute approximate surface area is 84.8 Å². The topological polar surface area (TPSA) is 46.5 Å². The molecule has 0 aromatic heterocycles. The highest BCUT2D eigenvalue weighted by atomic mass is 16.6. The number of hydrogen-bond donors (Lipinski definition) is 1. The lowest BCUT2D eigenvalue weighted by Crippen LogP contribution is -2.34. The van der Waals surface area contributed by atoms with E-state index >= 15 is 0 Å². The predicted octanol–water partition coefficient (Wildman–Crippen LogP) is 1.51. The van der Waals surface area contributed by atoms with Crippen LogP contribution in [0.2, 0.25) is 0 Å². The van der Waals surface area contributed by atoms with Gasteiger partial charge in [0.1, 0.15) is 6.10 Å². The minimum absolute atomic E-state index is 0.0347. The lowest BCUT2D eigenvalue weighted by molar-refractivity contribution is -0.149. The number of hydrogen-bond acceptors (Lipinski definition) is 3. The van der Waals surface area contributed by atoms with Crippen LogP contribution < -0.4 is 0 Å². The number of rotatable bonds is 2. The predicted molar refractivity (Wildman–Crippen MR) is 53.6 cm³/mol. The van der Waals surface area contributed by atoms with Gasteiger partial charge < -0.3 is 9.84 Å². The monoisotopic (exact) mass is 198 g/mol. The zero-order valence-electron chi connectivity index (χ0n) is 9.20. The maximum absolute atomic E-state index is 11.7. The molecule has 4 atom stereocenters. The summed E-state index contributed by atoms with van der Waals surface area (Å²) in [6, 6.07) is 0. The fourth-order valence-electron chi connectivity index (χ4n) is 1.94. The molecule has 1 heterocycles. The van der Waals surface area contributed by atoms with E-state index in [0.29, 0.717) is 0 Å². The van der Waals surface area contributed by atoms with Crippen LogP contribution in [0, 0.1) is 11.3 Å². The molecule has 0 aliphatic carbocycles. The third-order valence-electron chi connectivity index (χ3n) is 3.43. The summed E-state index contributed by atoms with van der Waals surface area (Å²) in [4.78, 5) is 11.7. The van der Waals surface area contributed by atoms with Crippen LogP contribution in [-0.2, 0) is 9.53 Å². The molecular weight excluding hydrogens is 180 g/mol. The van der Waals surface area contributed by atoms with Crippen molar-refractivity contribution in [2.24, 2.45) is 11.3 Å². The molecule has 3 nitrogen and oxygen atoms in total. The fraction of sp³-hybridized carbons (Fsp3) is 0.727. The number of carbonyl (C=O) groups is 1. The smallest absolute Gasteiger partial charge is 0.316 e. The highest BCUT2D eigenvalue weighted by Crippen LogP contribution is 2.45. The van der Waals surface area contributed by atoms with Gasteiger partial charge in [0.15, 0.2) is 0 Å². The van der Waals surface area contributed by atoms with Gasteiger partial charge in [-0.05, 0) is 20.8 Å². The minimum atomic E-state index is -0.651. The van der Waals surface area contributed by atoms with E-state index < -0.39 is 17.6 Å². The largest absolute Gasteiger partial charge is 0.459 e. The summed E-state index contributed by atoms with van der Waals surface area (Å²) in [5.41, 5.74) is 0.139. The lowest BCUT2D eigenvalue weighted by atomic mass is 9.72. The van der Waals surface area contributed by atoms with E-state index in [1.165, 1.54) is 0 Å². The van der Waals surface area contributed by atoms with E-state index in [4.69, 9.17) is 4.74 Å². The highest BCUT2D eigenvalue weighted by molar-refractivity contribution is 5.82. The van der Waals surface area contributed by atoms with Crippen molar-refractivity contribution in [2.75, 3.05) is 0 Å². The van der Waals surface area contributed by atoms with E-state index in [1.807, 2.05) is 20.8 Å². The molecule has 1 saturated heterocycles. The summed E-state index contributed by atoms with van der Waals surface area (Å²) in [7, 11) is 0. The van der Waals surface area contributed by atoms with Gasteiger partial charge in [0.05, 0.1) is 11.5 Å². The van der Waals surface area contributed by atoms with E-state index in [0.717, 1.165) is 5.57 Å². The molecule has 1 rings (SSSR count). The van der Waals surface area contributed by atoms with Crippen molar-refractivity contribution >= 4 is 5.97 Å². The van der Waals surface area contributed by atoms with Crippen LogP contribution in [0.1, 0.15) is 27.7 Å².